The van der Waals surface area contributed by atoms with Gasteiger partial charge in [0.05, 0.1) is 10.5 Å². The SMILES string of the molecule is N#Cc1ccccc1S(=O)(=O)O.Nc1ccc(S(=O)(=O)O)cc1. The predicted molar refractivity (Wildman–Crippen MR) is 81.6 cm³/mol. The van der Waals surface area contributed by atoms with Crippen LogP contribution in [0.15, 0.2) is 58.3 Å². The molecule has 2 rings (SSSR count). The molecule has 2 aromatic carbocycles. The van der Waals surface area contributed by atoms with E-state index < -0.39 is 20.2 Å². The third-order valence-corrected chi connectivity index (χ3v) is 4.24. The molecule has 8 nitrogen and oxygen atoms in total. The van der Waals surface area contributed by atoms with Crippen LogP contribution in [0.25, 0.3) is 0 Å². The van der Waals surface area contributed by atoms with Crippen LogP contribution >= 0.6 is 0 Å². The Morgan fingerprint density at radius 1 is 0.870 bits per heavy atom. The second kappa shape index (κ2) is 7.21. The Labute approximate surface area is 133 Å². The van der Waals surface area contributed by atoms with Crippen molar-refractivity contribution in [3.63, 3.8) is 0 Å². The molecular formula is C13H12N2O6S2. The van der Waals surface area contributed by atoms with E-state index in [1.807, 2.05) is 0 Å². The lowest BCUT2D eigenvalue weighted by Crippen LogP contribution is -2.00. The monoisotopic (exact) mass is 356 g/mol. The fourth-order valence-electron chi connectivity index (χ4n) is 1.42. The van der Waals surface area contributed by atoms with Crippen molar-refractivity contribution in [1.82, 2.24) is 0 Å². The molecule has 0 saturated heterocycles. The van der Waals surface area contributed by atoms with Crippen LogP contribution < -0.4 is 5.73 Å². The first kappa shape index (κ1) is 18.6. The first-order valence-corrected chi connectivity index (χ1v) is 8.73. The van der Waals surface area contributed by atoms with Gasteiger partial charge in [0.1, 0.15) is 11.0 Å². The van der Waals surface area contributed by atoms with E-state index in [9.17, 15) is 16.8 Å². The first-order valence-electron chi connectivity index (χ1n) is 5.85. The molecule has 122 valence electrons. The van der Waals surface area contributed by atoms with Crippen molar-refractivity contribution >= 4 is 25.9 Å². The van der Waals surface area contributed by atoms with E-state index in [2.05, 4.69) is 0 Å². The molecule has 2 aromatic rings. The first-order chi connectivity index (χ1) is 10.6. The van der Waals surface area contributed by atoms with Crippen LogP contribution in [-0.2, 0) is 20.2 Å². The molecule has 0 radical (unpaired) electrons. The van der Waals surface area contributed by atoms with Crippen molar-refractivity contribution in [3.05, 3.63) is 54.1 Å². The van der Waals surface area contributed by atoms with Gasteiger partial charge in [-0.1, -0.05) is 12.1 Å². The highest BCUT2D eigenvalue weighted by molar-refractivity contribution is 7.86. The quantitative estimate of drug-likeness (QED) is 0.536. The van der Waals surface area contributed by atoms with Crippen molar-refractivity contribution in [3.8, 4) is 6.07 Å². The Balaban J connectivity index is 0.000000231. The van der Waals surface area contributed by atoms with Crippen molar-refractivity contribution in [2.45, 2.75) is 9.79 Å². The van der Waals surface area contributed by atoms with E-state index in [-0.39, 0.29) is 15.4 Å². The van der Waals surface area contributed by atoms with Gasteiger partial charge in [0, 0.05) is 5.69 Å². The number of nitrogens with zero attached hydrogens (tertiary/aromatic N) is 1. The number of nitrogens with two attached hydrogens (primary N) is 1. The summed E-state index contributed by atoms with van der Waals surface area (Å²) in [5, 5.41) is 8.46. The summed E-state index contributed by atoms with van der Waals surface area (Å²) in [5.74, 6) is 0. The molecule has 0 spiro atoms. The molecule has 10 heteroatoms. The van der Waals surface area contributed by atoms with Gasteiger partial charge in [0.15, 0.2) is 0 Å². The van der Waals surface area contributed by atoms with E-state index in [1.165, 1.54) is 48.5 Å². The Hall–Kier alpha value is -2.45. The molecule has 23 heavy (non-hydrogen) atoms. The smallest absolute Gasteiger partial charge is 0.295 e. The van der Waals surface area contributed by atoms with Gasteiger partial charge in [-0.15, -0.1) is 0 Å². The van der Waals surface area contributed by atoms with Crippen molar-refractivity contribution in [2.75, 3.05) is 5.73 Å². The number of anilines is 1. The predicted octanol–water partition coefficient (Wildman–Crippen LogP) is 1.32. The van der Waals surface area contributed by atoms with Gasteiger partial charge in [-0.2, -0.15) is 22.1 Å². The van der Waals surface area contributed by atoms with Gasteiger partial charge >= 0.3 is 0 Å². The maximum absolute atomic E-state index is 10.6. The molecule has 0 aliphatic rings. The van der Waals surface area contributed by atoms with Crippen molar-refractivity contribution < 1.29 is 25.9 Å². The summed E-state index contributed by atoms with van der Waals surface area (Å²) in [6.45, 7) is 0. The van der Waals surface area contributed by atoms with E-state index >= 15 is 0 Å². The van der Waals surface area contributed by atoms with Crippen LogP contribution in [0, 0.1) is 11.3 Å². The molecule has 0 aliphatic carbocycles. The van der Waals surface area contributed by atoms with Crippen LogP contribution in [0.4, 0.5) is 5.69 Å². The third-order valence-electron chi connectivity index (χ3n) is 2.46. The van der Waals surface area contributed by atoms with E-state index in [1.54, 1.807) is 6.07 Å². The zero-order valence-corrected chi connectivity index (χ0v) is 13.1. The summed E-state index contributed by atoms with van der Waals surface area (Å²) >= 11 is 0. The average molecular weight is 356 g/mol. The summed E-state index contributed by atoms with van der Waals surface area (Å²) in [6.07, 6.45) is 0. The lowest BCUT2D eigenvalue weighted by molar-refractivity contribution is 0.481. The molecule has 0 amide bonds. The second-order valence-electron chi connectivity index (χ2n) is 4.13. The molecular weight excluding hydrogens is 344 g/mol. The zero-order chi connectivity index (χ0) is 17.7. The summed E-state index contributed by atoms with van der Waals surface area (Å²) < 4.78 is 59.3. The highest BCUT2D eigenvalue weighted by Gasteiger charge is 2.13. The summed E-state index contributed by atoms with van der Waals surface area (Å²) in [5.41, 5.74) is 5.69. The Morgan fingerprint density at radius 2 is 1.39 bits per heavy atom. The van der Waals surface area contributed by atoms with Gasteiger partial charge in [-0.25, -0.2) is 0 Å². The molecule has 0 atom stereocenters. The Kier molecular flexibility index (Phi) is 5.83. The largest absolute Gasteiger partial charge is 0.399 e. The van der Waals surface area contributed by atoms with Gasteiger partial charge < -0.3 is 5.73 Å². The summed E-state index contributed by atoms with van der Waals surface area (Å²) in [6, 6.07) is 12.4. The maximum atomic E-state index is 10.6. The van der Waals surface area contributed by atoms with E-state index in [0.717, 1.165) is 0 Å². The fourth-order valence-corrected chi connectivity index (χ4v) is 2.55. The molecule has 0 aliphatic heterocycles. The average Bonchev–Trinajstić information content (AvgIpc) is 2.46. The van der Waals surface area contributed by atoms with Crippen LogP contribution in [-0.4, -0.2) is 25.9 Å². The molecule has 4 N–H and O–H groups in total. The van der Waals surface area contributed by atoms with Crippen LogP contribution in [0.3, 0.4) is 0 Å². The molecule has 0 fully saturated rings. The van der Waals surface area contributed by atoms with Crippen molar-refractivity contribution in [2.24, 2.45) is 0 Å². The van der Waals surface area contributed by atoms with E-state index in [4.69, 9.17) is 20.1 Å². The molecule has 0 aromatic heterocycles. The number of rotatable bonds is 2. The minimum atomic E-state index is -4.27. The highest BCUT2D eigenvalue weighted by Crippen LogP contribution is 2.13. The van der Waals surface area contributed by atoms with Crippen LogP contribution in [0.1, 0.15) is 5.56 Å². The Morgan fingerprint density at radius 3 is 1.78 bits per heavy atom. The van der Waals surface area contributed by atoms with Crippen molar-refractivity contribution in [1.29, 1.82) is 5.26 Å². The van der Waals surface area contributed by atoms with Gasteiger partial charge in [0.2, 0.25) is 0 Å². The van der Waals surface area contributed by atoms with Gasteiger partial charge in [-0.3, -0.25) is 9.11 Å². The lowest BCUT2D eigenvalue weighted by Gasteiger charge is -1.97. The molecule has 0 unspecified atom stereocenters. The standard InChI is InChI=1S/C7H5NO3S.C6H7NO3S/c8-5-6-3-1-2-4-7(6)12(9,10)11;7-5-1-3-6(4-2-5)11(8,9)10/h1-4H,(H,9,10,11);1-4H,7H2,(H,8,9,10). The normalized spacial score (nSPS) is 11.0. The topological polar surface area (TPSA) is 159 Å². The van der Waals surface area contributed by atoms with Crippen LogP contribution in [0.2, 0.25) is 0 Å². The Bertz CT molecular complexity index is 929. The van der Waals surface area contributed by atoms with Crippen LogP contribution in [0.5, 0.6) is 0 Å². The lowest BCUT2D eigenvalue weighted by atomic mass is 10.2. The number of nitriles is 1. The summed E-state index contributed by atoms with van der Waals surface area (Å²) in [4.78, 5) is -0.501. The minimum absolute atomic E-state index is 0.0556. The fraction of sp³-hybridized carbons (Fsp3) is 0. The van der Waals surface area contributed by atoms with Gasteiger partial charge in [0.25, 0.3) is 20.2 Å². The second-order valence-corrected chi connectivity index (χ2v) is 6.94. The molecule has 0 saturated carbocycles. The third kappa shape index (κ3) is 5.68. The minimum Gasteiger partial charge on any atom is -0.399 e. The summed E-state index contributed by atoms with van der Waals surface area (Å²) in [7, 11) is -8.34. The molecule has 0 heterocycles. The number of hydrogen-bond acceptors (Lipinski definition) is 6. The number of nitrogen functional groups attached to an aromatic ring is 1. The zero-order valence-electron chi connectivity index (χ0n) is 11.5. The maximum Gasteiger partial charge on any atom is 0.295 e. The van der Waals surface area contributed by atoms with Gasteiger partial charge in [-0.05, 0) is 36.4 Å². The number of benzene rings is 2. The molecule has 0 bridgehead atoms. The number of hydrogen-bond donors (Lipinski definition) is 3. The highest BCUT2D eigenvalue weighted by atomic mass is 32.2. The van der Waals surface area contributed by atoms with E-state index in [0.29, 0.717) is 5.69 Å².